The van der Waals surface area contributed by atoms with Crippen LogP contribution in [0.2, 0.25) is 0 Å². The minimum absolute atomic E-state index is 0.0579. The molecule has 89 heavy (non-hydrogen) atoms. The number of nitrogens with zero attached hydrogens (tertiary/aromatic N) is 7. The van der Waals surface area contributed by atoms with Gasteiger partial charge in [0, 0.05) is 133 Å². The van der Waals surface area contributed by atoms with Gasteiger partial charge in [-0.3, -0.25) is 19.2 Å². The number of nitrogens with one attached hydrogen (secondary N) is 7. The van der Waals surface area contributed by atoms with E-state index >= 15 is 0 Å². The molecule has 0 atom stereocenters. The number of para-hydroxylation sites is 5. The average Bonchev–Trinajstić information content (AvgIpc) is 2.25. The number of nitriles is 2. The van der Waals surface area contributed by atoms with E-state index in [4.69, 9.17) is 10.5 Å². The van der Waals surface area contributed by atoms with Crippen LogP contribution >= 0.6 is 15.9 Å². The second kappa shape index (κ2) is 43.8. The van der Waals surface area contributed by atoms with Gasteiger partial charge in [0.1, 0.15) is 0 Å². The molecule has 18 nitrogen and oxygen atoms in total. The maximum atomic E-state index is 12.2. The third-order valence-corrected chi connectivity index (χ3v) is 12.2. The van der Waals surface area contributed by atoms with Crippen molar-refractivity contribution in [3.63, 3.8) is 0 Å². The highest BCUT2D eigenvalue weighted by molar-refractivity contribution is 9.09. The normalized spacial score (nSPS) is 9.61. The summed E-state index contributed by atoms with van der Waals surface area (Å²) in [6.45, 7) is 21.3. The van der Waals surface area contributed by atoms with Crippen molar-refractivity contribution >= 4 is 93.9 Å². The molecular formula is C67H84BrF3N14O4. The Hall–Kier alpha value is -9.80. The minimum atomic E-state index is -4.83. The van der Waals surface area contributed by atoms with Gasteiger partial charge in [-0.2, -0.15) is 28.9 Å². The Morgan fingerprint density at radius 3 is 1.37 bits per heavy atom. The Morgan fingerprint density at radius 2 is 0.944 bits per heavy atom. The maximum Gasteiger partial charge on any atom is 0.454 e. The number of aryl methyl sites for hydroxylation is 3. The predicted molar refractivity (Wildman–Crippen MR) is 358 cm³/mol. The molecule has 0 bridgehead atoms. The molecule has 5 aromatic carbocycles. The lowest BCUT2D eigenvalue weighted by molar-refractivity contribution is -0.0884. The number of carbonyl (C=O) groups is 4. The van der Waals surface area contributed by atoms with Gasteiger partial charge < -0.3 is 40.0 Å². The van der Waals surface area contributed by atoms with E-state index in [-0.39, 0.29) is 23.3 Å². The van der Waals surface area contributed by atoms with Gasteiger partial charge in [0.2, 0.25) is 0 Å². The molecule has 3 amide bonds. The number of hydrogen-bond acceptors (Lipinski definition) is 9. The number of amides is 3. The molecule has 6 heterocycles. The fraction of sp³-hybridized carbons (Fsp3) is 0.299. The van der Waals surface area contributed by atoms with Crippen molar-refractivity contribution in [2.24, 2.45) is 0 Å². The fourth-order valence-corrected chi connectivity index (χ4v) is 8.19. The second-order valence-electron chi connectivity index (χ2n) is 16.7. The molecule has 6 aromatic heterocycles. The number of rotatable bonds is 10. The number of aromatic amines is 4. The lowest BCUT2D eigenvalue weighted by Crippen LogP contribution is -2.22. The van der Waals surface area contributed by atoms with Gasteiger partial charge in [0.15, 0.2) is 5.82 Å². The summed E-state index contributed by atoms with van der Waals surface area (Å²) in [5, 5.41) is 43.3. The van der Waals surface area contributed by atoms with E-state index in [0.29, 0.717) is 65.8 Å². The summed E-state index contributed by atoms with van der Waals surface area (Å²) in [4.78, 5) is 54.8. The lowest BCUT2D eigenvalue weighted by atomic mass is 10.1. The van der Waals surface area contributed by atoms with Crippen LogP contribution in [0.5, 0.6) is 0 Å². The Kier molecular flexibility index (Phi) is 38.0. The zero-order chi connectivity index (χ0) is 66.7. The molecule has 0 saturated heterocycles. The summed E-state index contributed by atoms with van der Waals surface area (Å²) >= 11 is 3.09. The standard InChI is InChI=1S/C13H14N6O.C13H13N3O.C10H6F3NO.C10H10N2O.C8H7N.C3H4BrN.5C2H6/c1-14-13(20)10-8-19(7-6-12-15-17-18-16-12)11-5-3-2-4-9(10)11;1-15-13(17)11-9-16(8-4-7-14)12-6-3-2-5-10(11)12;11-10(12,13)9(15)7-5-14-8-4-2-1-3-6(7)8;1-11-10(13)8-6-12-9-5-3-2-4-7(8)9;1-2-4-8-7(3-1)5-6-9-8;4-2-1-3-5;5*1-2/h2-5,8H,6-7H2,1H3,(H,14,20)(H,15,16,17,18);2-3,5-6,9H,4,8H2,1H3,(H,15,17);1-5,14H;2-6,12H,1H3,(H,11,13);1-6,9H;1-2H2;5*1-2H3. The van der Waals surface area contributed by atoms with Crippen LogP contribution in [-0.4, -0.2) is 101 Å². The molecular weight excluding hydrogens is 1200 g/mol. The molecule has 7 N–H and O–H groups in total. The topological polar surface area (TPSA) is 264 Å². The predicted octanol–water partition coefficient (Wildman–Crippen LogP) is 15.7. The zero-order valence-corrected chi connectivity index (χ0v) is 54.6. The van der Waals surface area contributed by atoms with Gasteiger partial charge in [-0.1, -0.05) is 181 Å². The summed E-state index contributed by atoms with van der Waals surface area (Å²) in [7, 11) is 4.88. The van der Waals surface area contributed by atoms with Gasteiger partial charge in [-0.25, -0.2) is 0 Å². The summed E-state index contributed by atoms with van der Waals surface area (Å²) in [5.74, 6) is -1.40. The van der Waals surface area contributed by atoms with Crippen LogP contribution in [0.25, 0.3) is 54.5 Å². The van der Waals surface area contributed by atoms with Gasteiger partial charge in [0.25, 0.3) is 23.5 Å². The van der Waals surface area contributed by atoms with Crippen LogP contribution in [0.1, 0.15) is 129 Å². The number of fused-ring (bicyclic) bond motifs is 5. The zero-order valence-electron chi connectivity index (χ0n) is 53.0. The van der Waals surface area contributed by atoms with Crippen LogP contribution in [0, 0.1) is 22.7 Å². The SMILES string of the molecule is CC.CC.CC.CC.CC.CNC(=O)c1c[nH]c2ccccc12.CNC(=O)c1cn(CCC#N)c2ccccc12.CNC(=O)c1cn(CCc2nn[nH]n2)c2ccccc12.N#CCCBr.O=C(c1c[nH]c2ccccc12)C(F)(F)F.c1ccc2[nH]ccc2c1. The van der Waals surface area contributed by atoms with Crippen molar-refractivity contribution in [2.45, 2.75) is 108 Å². The van der Waals surface area contributed by atoms with Crippen molar-refractivity contribution in [1.82, 2.24) is 60.7 Å². The Labute approximate surface area is 527 Å². The molecule has 0 spiro atoms. The first-order valence-electron chi connectivity index (χ1n) is 29.4. The van der Waals surface area contributed by atoms with Crippen molar-refractivity contribution in [3.05, 3.63) is 186 Å². The first kappa shape index (κ1) is 77.2. The number of tetrazole rings is 1. The number of aromatic nitrogens is 9. The van der Waals surface area contributed by atoms with Crippen LogP contribution in [-0.2, 0) is 19.5 Å². The third-order valence-electron chi connectivity index (χ3n) is 11.8. The number of Topliss-reactive ketones (excluding diaryl/α,β-unsaturated/α-hetero) is 1. The fourth-order valence-electron chi connectivity index (χ4n) is 8.02. The van der Waals surface area contributed by atoms with Gasteiger partial charge in [-0.05, 0) is 41.8 Å². The molecule has 0 radical (unpaired) electrons. The maximum absolute atomic E-state index is 12.2. The highest BCUT2D eigenvalue weighted by Crippen LogP contribution is 2.27. The number of carbonyl (C=O) groups excluding carboxylic acids is 4. The average molecular weight is 1290 g/mol. The molecule has 11 aromatic rings. The number of hydrogen-bond donors (Lipinski definition) is 7. The summed E-state index contributed by atoms with van der Waals surface area (Å²) in [5.41, 5.74) is 6.41. The number of benzene rings is 5. The summed E-state index contributed by atoms with van der Waals surface area (Å²) in [6, 6.07) is 44.0. The van der Waals surface area contributed by atoms with E-state index in [1.165, 1.54) is 17.0 Å². The van der Waals surface area contributed by atoms with Crippen LogP contribution in [0.3, 0.4) is 0 Å². The number of alkyl halides is 4. The van der Waals surface area contributed by atoms with Crippen molar-refractivity contribution in [1.29, 1.82) is 10.5 Å². The Morgan fingerprint density at radius 1 is 0.528 bits per heavy atom. The van der Waals surface area contributed by atoms with Crippen LogP contribution in [0.15, 0.2) is 158 Å². The minimum Gasteiger partial charge on any atom is -0.361 e. The van der Waals surface area contributed by atoms with Crippen LogP contribution < -0.4 is 16.0 Å². The molecule has 0 aliphatic carbocycles. The molecule has 22 heteroatoms. The molecule has 0 saturated carbocycles. The molecule has 474 valence electrons. The molecule has 0 aliphatic rings. The van der Waals surface area contributed by atoms with Crippen LogP contribution in [0.4, 0.5) is 13.2 Å². The second-order valence-corrected chi connectivity index (χ2v) is 17.5. The highest BCUT2D eigenvalue weighted by Gasteiger charge is 2.40. The number of H-pyrrole nitrogens is 4. The van der Waals surface area contributed by atoms with Crippen molar-refractivity contribution in [2.75, 3.05) is 26.5 Å². The molecule has 11 rings (SSSR count). The van der Waals surface area contributed by atoms with E-state index < -0.39 is 12.0 Å². The Bertz CT molecular complexity index is 3830. The van der Waals surface area contributed by atoms with Gasteiger partial charge >= 0.3 is 6.18 Å². The van der Waals surface area contributed by atoms with E-state index in [0.717, 1.165) is 44.2 Å². The summed E-state index contributed by atoms with van der Waals surface area (Å²) in [6.07, 6.45) is 5.30. The molecule has 0 aliphatic heterocycles. The quantitative estimate of drug-likeness (QED) is 0.0506. The van der Waals surface area contributed by atoms with Crippen molar-refractivity contribution in [3.8, 4) is 12.1 Å². The Balaban J connectivity index is 0.000000534. The highest BCUT2D eigenvalue weighted by atomic mass is 79.9. The van der Waals surface area contributed by atoms with Crippen molar-refractivity contribution < 1.29 is 32.3 Å². The first-order chi connectivity index (χ1) is 43.3. The molecule has 0 unspecified atom stereocenters. The van der Waals surface area contributed by atoms with E-state index in [1.807, 2.05) is 182 Å². The van der Waals surface area contributed by atoms with Gasteiger partial charge in [0.05, 0.1) is 40.8 Å². The van der Waals surface area contributed by atoms with E-state index in [9.17, 15) is 32.3 Å². The van der Waals surface area contributed by atoms with Gasteiger partial charge in [-0.15, -0.1) is 10.2 Å². The third kappa shape index (κ3) is 23.4. The smallest absolute Gasteiger partial charge is 0.361 e. The van der Waals surface area contributed by atoms with E-state index in [2.05, 4.69) is 91.7 Å². The molecule has 0 fully saturated rings. The number of ketones is 1. The van der Waals surface area contributed by atoms with E-state index in [1.54, 1.807) is 51.7 Å². The largest absolute Gasteiger partial charge is 0.454 e. The number of halogens is 4. The summed E-state index contributed by atoms with van der Waals surface area (Å²) < 4.78 is 40.5. The lowest BCUT2D eigenvalue weighted by Gasteiger charge is -2.02. The first-order valence-corrected chi connectivity index (χ1v) is 30.5. The monoisotopic (exact) mass is 1280 g/mol.